The molecule has 2 nitrogen and oxygen atoms in total. The Hall–Kier alpha value is -0.903. The molecule has 0 N–H and O–H groups in total. The SMILES string of the molecule is C=C1CC[C@H](O[Si](C)(C)C(C)(C)C)C/C1=C/C=C1\CCC[C@]2(C)[C@@H]([C@@H](C)/C=C/[C@@H](OC)C3CC3)CC[C@@H]12. The number of methoxy groups -OCH3 is 1. The minimum absolute atomic E-state index is 0.258. The van der Waals surface area contributed by atoms with Crippen molar-refractivity contribution in [3.05, 3.63) is 47.6 Å². The molecular formula is C34H56O2Si. The summed E-state index contributed by atoms with van der Waals surface area (Å²) in [5.41, 5.74) is 4.89. The zero-order valence-corrected chi connectivity index (χ0v) is 26.4. The van der Waals surface area contributed by atoms with Crippen LogP contribution >= 0.6 is 0 Å². The first-order valence-corrected chi connectivity index (χ1v) is 18.2. The predicted octanol–water partition coefficient (Wildman–Crippen LogP) is 9.80. The fourth-order valence-electron chi connectivity index (χ4n) is 7.49. The standard InChI is InChI=1S/C34H56O2Si/c1-24-12-18-29(36-37(8,9)33(3,4)5)23-28(24)17-14-26-11-10-22-34(6)30(19-20-31(26)34)25(2)13-21-32(35-7)27-15-16-27/h13-14,17,21,25,27,29-32H,1,10-12,15-16,18-20,22-23H2,2-9H3/b21-13+,26-14+,28-17-/t25-,29-,30+,31-,32+,34+/m0/s1. The zero-order valence-electron chi connectivity index (χ0n) is 25.4. The van der Waals surface area contributed by atoms with Gasteiger partial charge in [0, 0.05) is 13.2 Å². The largest absolute Gasteiger partial charge is 0.414 e. The number of fused-ring (bicyclic) bond motifs is 1. The van der Waals surface area contributed by atoms with E-state index in [2.05, 4.69) is 78.6 Å². The van der Waals surface area contributed by atoms with E-state index in [1.165, 1.54) is 56.1 Å². The highest BCUT2D eigenvalue weighted by Gasteiger charge is 2.50. The molecule has 208 valence electrons. The molecule has 0 spiro atoms. The fourth-order valence-corrected chi connectivity index (χ4v) is 8.88. The molecule has 0 radical (unpaired) electrons. The van der Waals surface area contributed by atoms with Crippen molar-refractivity contribution >= 4 is 8.32 Å². The van der Waals surface area contributed by atoms with E-state index in [1.54, 1.807) is 5.57 Å². The average Bonchev–Trinajstić information content (AvgIpc) is 3.59. The first-order valence-electron chi connectivity index (χ1n) is 15.3. The van der Waals surface area contributed by atoms with Crippen LogP contribution in [0, 0.1) is 29.1 Å². The molecule has 0 aromatic heterocycles. The average molecular weight is 525 g/mol. The van der Waals surface area contributed by atoms with E-state index >= 15 is 0 Å². The van der Waals surface area contributed by atoms with Gasteiger partial charge in [-0.15, -0.1) is 0 Å². The summed E-state index contributed by atoms with van der Waals surface area (Å²) < 4.78 is 12.6. The Labute approximate surface area is 230 Å². The Morgan fingerprint density at radius 1 is 1.03 bits per heavy atom. The second kappa shape index (κ2) is 11.3. The number of hydrogen-bond acceptors (Lipinski definition) is 2. The highest BCUT2D eigenvalue weighted by Crippen LogP contribution is 2.59. The molecule has 3 heteroatoms. The molecule has 0 aliphatic heterocycles. The van der Waals surface area contributed by atoms with Gasteiger partial charge in [-0.3, -0.25) is 0 Å². The van der Waals surface area contributed by atoms with Crippen molar-refractivity contribution in [2.45, 2.75) is 129 Å². The van der Waals surface area contributed by atoms with Crippen LogP contribution in [0.25, 0.3) is 0 Å². The third kappa shape index (κ3) is 6.47. The molecule has 0 aromatic rings. The van der Waals surface area contributed by atoms with E-state index in [0.717, 1.165) is 37.0 Å². The summed E-state index contributed by atoms with van der Waals surface area (Å²) in [5.74, 6) is 2.89. The van der Waals surface area contributed by atoms with Gasteiger partial charge in [-0.25, -0.2) is 0 Å². The minimum atomic E-state index is -1.75. The zero-order chi connectivity index (χ0) is 27.0. The van der Waals surface area contributed by atoms with E-state index in [1.807, 2.05) is 7.11 Å². The molecular weight excluding hydrogens is 468 g/mol. The molecule has 4 rings (SSSR count). The van der Waals surface area contributed by atoms with E-state index in [0.29, 0.717) is 23.5 Å². The summed E-state index contributed by atoms with van der Waals surface area (Å²) in [6.45, 7) is 21.3. The molecule has 37 heavy (non-hydrogen) atoms. The fraction of sp³-hybridized carbons (Fsp3) is 0.765. The van der Waals surface area contributed by atoms with Gasteiger partial charge in [0.25, 0.3) is 0 Å². The molecule has 4 fully saturated rings. The summed E-state index contributed by atoms with van der Waals surface area (Å²) >= 11 is 0. The smallest absolute Gasteiger partial charge is 0.192 e. The number of rotatable bonds is 8. The van der Waals surface area contributed by atoms with Crippen LogP contribution in [0.1, 0.15) is 98.8 Å². The number of allylic oxidation sites excluding steroid dienone is 5. The molecule has 0 bridgehead atoms. The van der Waals surface area contributed by atoms with Crippen LogP contribution in [0.5, 0.6) is 0 Å². The van der Waals surface area contributed by atoms with Gasteiger partial charge < -0.3 is 9.16 Å². The normalized spacial score (nSPS) is 35.4. The molecule has 4 saturated carbocycles. The van der Waals surface area contributed by atoms with Gasteiger partial charge in [0.2, 0.25) is 0 Å². The van der Waals surface area contributed by atoms with Crippen LogP contribution in [-0.2, 0) is 9.16 Å². The highest BCUT2D eigenvalue weighted by molar-refractivity contribution is 6.74. The van der Waals surface area contributed by atoms with Crippen LogP contribution < -0.4 is 0 Å². The van der Waals surface area contributed by atoms with Gasteiger partial charge in [0.15, 0.2) is 8.32 Å². The van der Waals surface area contributed by atoms with E-state index in [4.69, 9.17) is 9.16 Å². The van der Waals surface area contributed by atoms with Crippen LogP contribution in [0.3, 0.4) is 0 Å². The van der Waals surface area contributed by atoms with Gasteiger partial charge in [-0.05, 0) is 117 Å². The topological polar surface area (TPSA) is 18.5 Å². The van der Waals surface area contributed by atoms with Crippen molar-refractivity contribution in [1.29, 1.82) is 0 Å². The monoisotopic (exact) mass is 524 g/mol. The minimum Gasteiger partial charge on any atom is -0.414 e. The third-order valence-corrected chi connectivity index (χ3v) is 15.6. The van der Waals surface area contributed by atoms with Crippen LogP contribution in [-0.4, -0.2) is 27.6 Å². The van der Waals surface area contributed by atoms with Gasteiger partial charge in [-0.1, -0.05) is 76.6 Å². The molecule has 0 amide bonds. The maximum atomic E-state index is 6.83. The lowest BCUT2D eigenvalue weighted by Gasteiger charge is -2.44. The van der Waals surface area contributed by atoms with E-state index in [9.17, 15) is 0 Å². The lowest BCUT2D eigenvalue weighted by atomic mass is 9.61. The van der Waals surface area contributed by atoms with Crippen LogP contribution in [0.15, 0.2) is 47.6 Å². The van der Waals surface area contributed by atoms with Crippen LogP contribution in [0.4, 0.5) is 0 Å². The molecule has 4 aliphatic rings. The summed E-state index contributed by atoms with van der Waals surface area (Å²) in [5, 5.41) is 0.258. The first-order chi connectivity index (χ1) is 17.4. The van der Waals surface area contributed by atoms with Gasteiger partial charge in [-0.2, -0.15) is 0 Å². The Bertz CT molecular complexity index is 915. The van der Waals surface area contributed by atoms with Crippen molar-refractivity contribution in [3.8, 4) is 0 Å². The van der Waals surface area contributed by atoms with Crippen molar-refractivity contribution in [1.82, 2.24) is 0 Å². The quantitative estimate of drug-likeness (QED) is 0.232. The Balaban J connectivity index is 1.45. The van der Waals surface area contributed by atoms with Crippen molar-refractivity contribution in [2.75, 3.05) is 7.11 Å². The lowest BCUT2D eigenvalue weighted by molar-refractivity contribution is 0.108. The van der Waals surface area contributed by atoms with Crippen molar-refractivity contribution in [3.63, 3.8) is 0 Å². The Morgan fingerprint density at radius 3 is 2.41 bits per heavy atom. The van der Waals surface area contributed by atoms with Gasteiger partial charge >= 0.3 is 0 Å². The molecule has 0 unspecified atom stereocenters. The molecule has 4 aliphatic carbocycles. The summed E-state index contributed by atoms with van der Waals surface area (Å²) in [6, 6.07) is 0. The van der Waals surface area contributed by atoms with Crippen LogP contribution in [0.2, 0.25) is 18.1 Å². The Morgan fingerprint density at radius 2 is 1.76 bits per heavy atom. The number of ether oxygens (including phenoxy) is 1. The predicted molar refractivity (Wildman–Crippen MR) is 161 cm³/mol. The second-order valence-electron chi connectivity index (χ2n) is 14.7. The maximum absolute atomic E-state index is 6.83. The first kappa shape index (κ1) is 29.1. The summed E-state index contributed by atoms with van der Waals surface area (Å²) in [6.07, 6.45) is 23.1. The van der Waals surface area contributed by atoms with E-state index < -0.39 is 8.32 Å². The molecule has 0 heterocycles. The van der Waals surface area contributed by atoms with Crippen molar-refractivity contribution in [2.24, 2.45) is 29.1 Å². The number of hydrogen-bond donors (Lipinski definition) is 0. The molecule has 0 saturated heterocycles. The van der Waals surface area contributed by atoms with Gasteiger partial charge in [0.05, 0.1) is 6.10 Å². The summed E-state index contributed by atoms with van der Waals surface area (Å²) in [4.78, 5) is 0. The van der Waals surface area contributed by atoms with Gasteiger partial charge in [0.1, 0.15) is 0 Å². The summed E-state index contributed by atoms with van der Waals surface area (Å²) in [7, 11) is 0.125. The second-order valence-corrected chi connectivity index (χ2v) is 19.4. The Kier molecular flexibility index (Phi) is 8.88. The van der Waals surface area contributed by atoms with Crippen molar-refractivity contribution < 1.29 is 9.16 Å². The lowest BCUT2D eigenvalue weighted by Crippen LogP contribution is -2.44. The third-order valence-electron chi connectivity index (χ3n) is 11.1. The molecule has 6 atom stereocenters. The maximum Gasteiger partial charge on any atom is 0.192 e. The highest BCUT2D eigenvalue weighted by atomic mass is 28.4. The van der Waals surface area contributed by atoms with E-state index in [-0.39, 0.29) is 5.04 Å². The molecule has 0 aromatic carbocycles.